The molecule has 0 aliphatic heterocycles. The van der Waals surface area contributed by atoms with E-state index in [9.17, 15) is 34.2 Å². The van der Waals surface area contributed by atoms with Crippen molar-refractivity contribution < 1.29 is 48.4 Å². The number of ether oxygens (including phenoxy) is 3. The lowest BCUT2D eigenvalue weighted by molar-refractivity contribution is -0.164. The highest BCUT2D eigenvalue weighted by Gasteiger charge is 2.40. The molecule has 58 heavy (non-hydrogen) atoms. The van der Waals surface area contributed by atoms with Gasteiger partial charge in [-0.15, -0.1) is 0 Å². The fraction of sp³-hybridized carbons (Fsp3) is 0.477. The largest absolute Gasteiger partial charge is 0.508 e. The molecule has 3 aromatic carbocycles. The molecule has 14 nitrogen and oxygen atoms in total. The monoisotopic (exact) mass is 804 g/mol. The minimum absolute atomic E-state index is 0.00475. The van der Waals surface area contributed by atoms with Crippen LogP contribution in [-0.4, -0.2) is 127 Å². The molecule has 1 unspecified atom stereocenters. The molecule has 0 aliphatic rings. The van der Waals surface area contributed by atoms with Crippen molar-refractivity contribution >= 4 is 29.7 Å². The summed E-state index contributed by atoms with van der Waals surface area (Å²) in [6.07, 6.45) is -0.341. The van der Waals surface area contributed by atoms with Crippen LogP contribution in [0.5, 0.6) is 17.2 Å². The van der Waals surface area contributed by atoms with Gasteiger partial charge in [-0.05, 0) is 85.9 Å². The Morgan fingerprint density at radius 2 is 1.09 bits per heavy atom. The van der Waals surface area contributed by atoms with E-state index >= 15 is 0 Å². The summed E-state index contributed by atoms with van der Waals surface area (Å²) in [6, 6.07) is 15.6. The number of aromatic hydroxyl groups is 2. The van der Waals surface area contributed by atoms with Crippen LogP contribution in [0.15, 0.2) is 72.8 Å². The van der Waals surface area contributed by atoms with E-state index in [0.717, 1.165) is 5.56 Å². The van der Waals surface area contributed by atoms with Gasteiger partial charge in [0.25, 0.3) is 5.91 Å². The SMILES string of the molecule is CC[C@@H](C)[C@@H](OC(=O)[C@@H](Cc1ccc(OC)cc1)N(C)C)C(=O)N[C@H](C(=O)N(C)C(Cc1ccc(O)cc1)C(=O)N(C)[C@@H](Cc1ccc(O)cc1)C(=O)OC)C(C)C. The number of benzene rings is 3. The molecule has 3 amide bonds. The van der Waals surface area contributed by atoms with E-state index in [1.54, 1.807) is 83.3 Å². The highest BCUT2D eigenvalue weighted by atomic mass is 16.6. The summed E-state index contributed by atoms with van der Waals surface area (Å²) in [5.74, 6) is -3.22. The highest BCUT2D eigenvalue weighted by molar-refractivity contribution is 5.95. The molecule has 0 spiro atoms. The summed E-state index contributed by atoms with van der Waals surface area (Å²) < 4.78 is 16.3. The lowest BCUT2D eigenvalue weighted by Gasteiger charge is -2.36. The zero-order valence-corrected chi connectivity index (χ0v) is 35.3. The molecule has 0 aliphatic carbocycles. The first-order valence-electron chi connectivity index (χ1n) is 19.4. The van der Waals surface area contributed by atoms with Crippen LogP contribution in [0.1, 0.15) is 50.8 Å². The number of hydrogen-bond donors (Lipinski definition) is 3. The molecule has 3 rings (SSSR count). The number of likely N-dealkylation sites (N-methyl/N-ethyl adjacent to an activating group) is 3. The van der Waals surface area contributed by atoms with Crippen molar-refractivity contribution in [2.24, 2.45) is 11.8 Å². The molecule has 0 fully saturated rings. The number of carbonyl (C=O) groups excluding carboxylic acids is 5. The Balaban J connectivity index is 1.92. The maximum absolute atomic E-state index is 14.5. The number of amides is 3. The van der Waals surface area contributed by atoms with Gasteiger partial charge < -0.3 is 39.5 Å². The molecular formula is C44H60N4O10. The van der Waals surface area contributed by atoms with Crippen molar-refractivity contribution in [3.63, 3.8) is 0 Å². The predicted molar refractivity (Wildman–Crippen MR) is 219 cm³/mol. The van der Waals surface area contributed by atoms with E-state index in [0.29, 0.717) is 29.7 Å². The van der Waals surface area contributed by atoms with Crippen molar-refractivity contribution in [1.82, 2.24) is 20.0 Å². The average Bonchev–Trinajstić information content (AvgIpc) is 3.21. The number of carbonyl (C=O) groups is 5. The van der Waals surface area contributed by atoms with Gasteiger partial charge in [-0.3, -0.25) is 24.1 Å². The van der Waals surface area contributed by atoms with E-state index in [2.05, 4.69) is 5.32 Å². The Morgan fingerprint density at radius 1 is 0.638 bits per heavy atom. The topological polar surface area (TPSA) is 175 Å². The van der Waals surface area contributed by atoms with Crippen LogP contribution in [0.4, 0.5) is 0 Å². The minimum Gasteiger partial charge on any atom is -0.508 e. The van der Waals surface area contributed by atoms with Gasteiger partial charge in [0.1, 0.15) is 41.4 Å². The van der Waals surface area contributed by atoms with Gasteiger partial charge in [0.15, 0.2) is 6.10 Å². The molecule has 14 heteroatoms. The zero-order valence-electron chi connectivity index (χ0n) is 35.3. The van der Waals surface area contributed by atoms with Gasteiger partial charge in [0.2, 0.25) is 11.8 Å². The van der Waals surface area contributed by atoms with E-state index in [1.807, 2.05) is 19.1 Å². The van der Waals surface area contributed by atoms with Crippen molar-refractivity contribution in [1.29, 1.82) is 0 Å². The summed E-state index contributed by atoms with van der Waals surface area (Å²) in [5.41, 5.74) is 2.15. The maximum atomic E-state index is 14.5. The quantitative estimate of drug-likeness (QED) is 0.141. The van der Waals surface area contributed by atoms with Gasteiger partial charge in [-0.25, -0.2) is 4.79 Å². The molecule has 316 valence electrons. The van der Waals surface area contributed by atoms with Gasteiger partial charge in [-0.2, -0.15) is 0 Å². The number of rotatable bonds is 20. The number of esters is 2. The van der Waals surface area contributed by atoms with E-state index in [1.165, 1.54) is 55.3 Å². The smallest absolute Gasteiger partial charge is 0.328 e. The first kappa shape index (κ1) is 46.8. The summed E-state index contributed by atoms with van der Waals surface area (Å²) >= 11 is 0. The number of phenolic OH excluding ortho intramolecular Hbond substituents is 2. The van der Waals surface area contributed by atoms with Crippen molar-refractivity contribution in [2.75, 3.05) is 42.4 Å². The van der Waals surface area contributed by atoms with Crippen LogP contribution in [0.3, 0.4) is 0 Å². The van der Waals surface area contributed by atoms with Gasteiger partial charge >= 0.3 is 11.9 Å². The van der Waals surface area contributed by atoms with E-state index < -0.39 is 71.8 Å². The maximum Gasteiger partial charge on any atom is 0.328 e. The molecular weight excluding hydrogens is 745 g/mol. The Labute approximate surface area is 342 Å². The van der Waals surface area contributed by atoms with Gasteiger partial charge in [-0.1, -0.05) is 64.1 Å². The zero-order chi connectivity index (χ0) is 43.3. The molecule has 3 N–H and O–H groups in total. The normalized spacial score (nSPS) is 14.3. The summed E-state index contributed by atoms with van der Waals surface area (Å²) in [7, 11) is 9.21. The number of phenols is 2. The van der Waals surface area contributed by atoms with Gasteiger partial charge in [0, 0.05) is 32.9 Å². The van der Waals surface area contributed by atoms with Crippen LogP contribution >= 0.6 is 0 Å². The first-order valence-corrected chi connectivity index (χ1v) is 19.4. The van der Waals surface area contributed by atoms with E-state index in [-0.39, 0.29) is 24.3 Å². The Morgan fingerprint density at radius 3 is 1.52 bits per heavy atom. The second kappa shape index (κ2) is 21.8. The molecule has 3 aromatic rings. The van der Waals surface area contributed by atoms with Crippen molar-refractivity contribution in [3.05, 3.63) is 89.5 Å². The second-order valence-electron chi connectivity index (χ2n) is 15.2. The molecule has 0 bridgehead atoms. The summed E-state index contributed by atoms with van der Waals surface area (Å²) in [5, 5.41) is 22.6. The highest BCUT2D eigenvalue weighted by Crippen LogP contribution is 2.22. The molecule has 0 saturated carbocycles. The van der Waals surface area contributed by atoms with Crippen LogP contribution in [0, 0.1) is 11.8 Å². The minimum atomic E-state index is -1.23. The number of hydrogen-bond acceptors (Lipinski definition) is 11. The molecule has 0 heterocycles. The van der Waals surface area contributed by atoms with Crippen LogP contribution in [0.25, 0.3) is 0 Å². The molecule has 0 radical (unpaired) electrons. The lowest BCUT2D eigenvalue weighted by atomic mass is 9.96. The number of nitrogens with zero attached hydrogens (tertiary/aromatic N) is 3. The predicted octanol–water partition coefficient (Wildman–Crippen LogP) is 3.99. The third-order valence-corrected chi connectivity index (χ3v) is 10.5. The molecule has 0 saturated heterocycles. The lowest BCUT2D eigenvalue weighted by Crippen LogP contribution is -2.59. The number of methoxy groups -OCH3 is 2. The van der Waals surface area contributed by atoms with Crippen molar-refractivity contribution in [3.8, 4) is 17.2 Å². The Hall–Kier alpha value is -5.63. The van der Waals surface area contributed by atoms with Crippen LogP contribution < -0.4 is 10.1 Å². The second-order valence-corrected chi connectivity index (χ2v) is 15.2. The third kappa shape index (κ3) is 12.7. The molecule has 0 aromatic heterocycles. The standard InChI is InChI=1S/C44H60N4O10/c1-11-28(4)39(58-44(55)36(46(5)6)25-31-16-22-34(56-9)23-17-31)40(51)45-38(27(2)3)42(53)47(7)35(24-29-12-18-32(49)19-13-29)41(52)48(8)37(43(54)57-10)26-30-14-20-33(50)21-15-30/h12-23,27-28,35-39,49-50H,11,24-26H2,1-10H3,(H,45,51)/t28-,35?,36-,37+,38+,39-/m1/s1. The average molecular weight is 805 g/mol. The van der Waals surface area contributed by atoms with Crippen LogP contribution in [0.2, 0.25) is 0 Å². The van der Waals surface area contributed by atoms with Crippen molar-refractivity contribution in [2.45, 2.75) is 83.6 Å². The number of nitrogens with one attached hydrogen (secondary N) is 1. The Kier molecular flexibility index (Phi) is 17.5. The fourth-order valence-corrected chi connectivity index (χ4v) is 6.43. The first-order chi connectivity index (χ1) is 27.4. The van der Waals surface area contributed by atoms with Gasteiger partial charge in [0.05, 0.1) is 14.2 Å². The molecule has 6 atom stereocenters. The summed E-state index contributed by atoms with van der Waals surface area (Å²) in [4.78, 5) is 74.2. The Bertz CT molecular complexity index is 1820. The fourth-order valence-electron chi connectivity index (χ4n) is 6.43. The summed E-state index contributed by atoms with van der Waals surface area (Å²) in [6.45, 7) is 7.18. The van der Waals surface area contributed by atoms with E-state index in [4.69, 9.17) is 14.2 Å². The van der Waals surface area contributed by atoms with Crippen LogP contribution in [-0.2, 0) is 52.7 Å². The third-order valence-electron chi connectivity index (χ3n) is 10.5.